The van der Waals surface area contributed by atoms with Gasteiger partial charge in [-0.2, -0.15) is 22.0 Å². The van der Waals surface area contributed by atoms with Gasteiger partial charge in [0.15, 0.2) is 0 Å². The first-order valence-corrected chi connectivity index (χ1v) is 6.08. The molecule has 0 aliphatic rings. The Balaban J connectivity index is 5.78. The fraction of sp³-hybridized carbons (Fsp3) is 1.00. The van der Waals surface area contributed by atoms with Crippen molar-refractivity contribution in [2.24, 2.45) is 5.41 Å². The van der Waals surface area contributed by atoms with E-state index in [1.54, 1.807) is 0 Å². The van der Waals surface area contributed by atoms with E-state index in [2.05, 4.69) is 9.47 Å². The summed E-state index contributed by atoms with van der Waals surface area (Å²) in [4.78, 5) is 0. The number of alkyl halides is 8. The first kappa shape index (κ1) is 21.4. The highest BCUT2D eigenvalue weighted by molar-refractivity contribution is 5.03. The van der Waals surface area contributed by atoms with Crippen molar-refractivity contribution >= 4 is 0 Å². The van der Waals surface area contributed by atoms with Crippen molar-refractivity contribution in [2.45, 2.75) is 71.4 Å². The zero-order chi connectivity index (χ0) is 18.4. The Bertz CT molecular complexity index is 375. The van der Waals surface area contributed by atoms with Crippen molar-refractivity contribution < 1.29 is 44.6 Å². The quantitative estimate of drug-likeness (QED) is 0.509. The largest absolute Gasteiger partial charge is 0.490 e. The van der Waals surface area contributed by atoms with Crippen LogP contribution in [0.15, 0.2) is 0 Å². The molecule has 0 aromatic heterocycles. The molecule has 0 saturated heterocycles. The normalized spacial score (nSPS) is 18.3. The summed E-state index contributed by atoms with van der Waals surface area (Å²) in [6.07, 6.45) is -17.2. The summed E-state index contributed by atoms with van der Waals surface area (Å²) in [5.74, 6) is 0. The summed E-state index contributed by atoms with van der Waals surface area (Å²) < 4.78 is 113. The Morgan fingerprint density at radius 1 is 0.591 bits per heavy atom. The minimum absolute atomic E-state index is 0.487. The van der Waals surface area contributed by atoms with Gasteiger partial charge in [0.1, 0.15) is 0 Å². The molecule has 0 aromatic carbocycles. The maximum atomic E-state index is 14.2. The van der Waals surface area contributed by atoms with Gasteiger partial charge in [0.25, 0.3) is 5.67 Å². The lowest BCUT2D eigenvalue weighted by Crippen LogP contribution is -2.65. The molecule has 0 aliphatic heterocycles. The molecule has 2 nitrogen and oxygen atoms in total. The van der Waals surface area contributed by atoms with E-state index in [0.29, 0.717) is 20.8 Å². The summed E-state index contributed by atoms with van der Waals surface area (Å²) in [5.41, 5.74) is -9.87. The highest BCUT2D eigenvalue weighted by Gasteiger charge is 2.79. The Kier molecular flexibility index (Phi) is 5.31. The standard InChI is InChI=1S/C12H18F8O2/c1-7(2,3)9(13,10(14,15)16)11(17,18)22-12(19,20)21-8(4,5)6/h1-6H3. The molecule has 0 bridgehead atoms. The van der Waals surface area contributed by atoms with Crippen LogP contribution in [0, 0.1) is 5.41 Å². The third kappa shape index (κ3) is 4.43. The molecule has 0 aromatic rings. The molecule has 0 aliphatic carbocycles. The van der Waals surface area contributed by atoms with Crippen LogP contribution in [-0.4, -0.2) is 29.8 Å². The van der Waals surface area contributed by atoms with Gasteiger partial charge in [0, 0.05) is 5.41 Å². The molecule has 0 N–H and O–H groups in total. The number of hydrogen-bond donors (Lipinski definition) is 0. The van der Waals surface area contributed by atoms with Crippen molar-refractivity contribution in [1.29, 1.82) is 0 Å². The van der Waals surface area contributed by atoms with Gasteiger partial charge in [-0.25, -0.2) is 9.13 Å². The van der Waals surface area contributed by atoms with Gasteiger partial charge in [-0.3, -0.25) is 4.74 Å². The van der Waals surface area contributed by atoms with Gasteiger partial charge in [-0.1, -0.05) is 20.8 Å². The number of ether oxygens (including phenoxy) is 2. The first-order chi connectivity index (χ1) is 9.16. The topological polar surface area (TPSA) is 18.5 Å². The lowest BCUT2D eigenvalue weighted by Gasteiger charge is -2.43. The van der Waals surface area contributed by atoms with E-state index in [1.807, 2.05) is 0 Å². The average molecular weight is 346 g/mol. The third-order valence-corrected chi connectivity index (χ3v) is 2.50. The highest BCUT2D eigenvalue weighted by atomic mass is 19.4. The van der Waals surface area contributed by atoms with Crippen LogP contribution in [0.2, 0.25) is 0 Å². The average Bonchev–Trinajstić information content (AvgIpc) is 2.05. The molecular weight excluding hydrogens is 328 g/mol. The summed E-state index contributed by atoms with van der Waals surface area (Å²) in [6, 6.07) is 0. The second kappa shape index (κ2) is 5.47. The van der Waals surface area contributed by atoms with Crippen LogP contribution >= 0.6 is 0 Å². The Hall–Kier alpha value is -0.640. The molecule has 0 heterocycles. The van der Waals surface area contributed by atoms with Gasteiger partial charge in [-0.15, -0.1) is 8.78 Å². The molecule has 1 unspecified atom stereocenters. The zero-order valence-electron chi connectivity index (χ0n) is 12.8. The maximum absolute atomic E-state index is 14.2. The summed E-state index contributed by atoms with van der Waals surface area (Å²) in [7, 11) is 0. The Labute approximate surface area is 122 Å². The lowest BCUT2D eigenvalue weighted by atomic mass is 9.76. The smallest absolute Gasteiger partial charge is 0.290 e. The minimum Gasteiger partial charge on any atom is -0.290 e. The van der Waals surface area contributed by atoms with E-state index in [4.69, 9.17) is 0 Å². The van der Waals surface area contributed by atoms with Crippen molar-refractivity contribution in [2.75, 3.05) is 0 Å². The summed E-state index contributed by atoms with van der Waals surface area (Å²) in [5, 5.41) is 0. The van der Waals surface area contributed by atoms with E-state index >= 15 is 0 Å². The van der Waals surface area contributed by atoms with E-state index in [-0.39, 0.29) is 0 Å². The molecule has 10 heteroatoms. The number of rotatable bonds is 4. The van der Waals surface area contributed by atoms with Gasteiger partial charge in [-0.05, 0) is 20.8 Å². The molecular formula is C12H18F8O2. The molecule has 22 heavy (non-hydrogen) atoms. The molecule has 0 rings (SSSR count). The fourth-order valence-electron chi connectivity index (χ4n) is 1.62. The van der Waals surface area contributed by atoms with E-state index < -0.39 is 35.3 Å². The van der Waals surface area contributed by atoms with Crippen LogP contribution in [0.5, 0.6) is 0 Å². The van der Waals surface area contributed by atoms with Crippen molar-refractivity contribution in [3.8, 4) is 0 Å². The van der Waals surface area contributed by atoms with E-state index in [1.165, 1.54) is 0 Å². The zero-order valence-corrected chi connectivity index (χ0v) is 12.8. The predicted molar refractivity (Wildman–Crippen MR) is 61.2 cm³/mol. The summed E-state index contributed by atoms with van der Waals surface area (Å²) >= 11 is 0. The number of halogens is 8. The van der Waals surface area contributed by atoms with Gasteiger partial charge < -0.3 is 0 Å². The minimum atomic E-state index is -6.16. The predicted octanol–water partition coefficient (Wildman–Crippen LogP) is 5.28. The molecule has 0 radical (unpaired) electrons. The van der Waals surface area contributed by atoms with Crippen LogP contribution in [0.4, 0.5) is 35.1 Å². The second-order valence-electron chi connectivity index (χ2n) is 6.70. The monoisotopic (exact) mass is 346 g/mol. The van der Waals surface area contributed by atoms with Gasteiger partial charge >= 0.3 is 18.6 Å². The maximum Gasteiger partial charge on any atom is 0.490 e. The third-order valence-electron chi connectivity index (χ3n) is 2.50. The van der Waals surface area contributed by atoms with E-state index in [0.717, 1.165) is 20.8 Å². The van der Waals surface area contributed by atoms with Crippen LogP contribution in [0.25, 0.3) is 0 Å². The SMILES string of the molecule is CC(C)(C)OC(F)(F)OC(F)(F)C(F)(C(C)(C)C)C(F)(F)F. The Morgan fingerprint density at radius 3 is 1.18 bits per heavy atom. The number of hydrogen-bond acceptors (Lipinski definition) is 2. The molecule has 1 atom stereocenters. The fourth-order valence-corrected chi connectivity index (χ4v) is 1.62. The van der Waals surface area contributed by atoms with Crippen LogP contribution < -0.4 is 0 Å². The first-order valence-electron chi connectivity index (χ1n) is 6.08. The van der Waals surface area contributed by atoms with Crippen molar-refractivity contribution in [1.82, 2.24) is 0 Å². The Morgan fingerprint density at radius 2 is 0.955 bits per heavy atom. The molecule has 0 amide bonds. The molecule has 0 saturated carbocycles. The van der Waals surface area contributed by atoms with Crippen molar-refractivity contribution in [3.05, 3.63) is 0 Å². The summed E-state index contributed by atoms with van der Waals surface area (Å²) in [6.45, 7) is 4.54. The van der Waals surface area contributed by atoms with Crippen molar-refractivity contribution in [3.63, 3.8) is 0 Å². The lowest BCUT2D eigenvalue weighted by molar-refractivity contribution is -0.520. The van der Waals surface area contributed by atoms with Crippen LogP contribution in [0.1, 0.15) is 41.5 Å². The molecule has 0 fully saturated rings. The molecule has 0 spiro atoms. The second-order valence-corrected chi connectivity index (χ2v) is 6.70. The van der Waals surface area contributed by atoms with Gasteiger partial charge in [0.2, 0.25) is 0 Å². The van der Waals surface area contributed by atoms with Crippen LogP contribution in [-0.2, 0) is 9.47 Å². The van der Waals surface area contributed by atoms with Gasteiger partial charge in [0.05, 0.1) is 5.60 Å². The molecule has 134 valence electrons. The highest BCUT2D eigenvalue weighted by Crippen LogP contribution is 2.56. The van der Waals surface area contributed by atoms with Crippen LogP contribution in [0.3, 0.4) is 0 Å². The van der Waals surface area contributed by atoms with E-state index in [9.17, 15) is 35.1 Å².